The SMILES string of the molecule is COc1ccc(Cc2nc(I)ns2)cc1. The Balaban J connectivity index is 2.11. The second kappa shape index (κ2) is 4.89. The van der Waals surface area contributed by atoms with Crippen LogP contribution in [0.3, 0.4) is 0 Å². The molecule has 0 saturated carbocycles. The van der Waals surface area contributed by atoms with Crippen molar-refractivity contribution in [2.75, 3.05) is 7.11 Å². The Kier molecular flexibility index (Phi) is 3.53. The lowest BCUT2D eigenvalue weighted by Crippen LogP contribution is -1.88. The number of benzene rings is 1. The minimum atomic E-state index is 0.820. The summed E-state index contributed by atoms with van der Waals surface area (Å²) in [6.07, 6.45) is 0.838. The van der Waals surface area contributed by atoms with E-state index in [0.717, 1.165) is 21.0 Å². The van der Waals surface area contributed by atoms with Gasteiger partial charge in [0.15, 0.2) is 0 Å². The molecule has 0 aliphatic heterocycles. The maximum atomic E-state index is 5.10. The molecule has 0 bridgehead atoms. The predicted octanol–water partition coefficient (Wildman–Crippen LogP) is 2.74. The van der Waals surface area contributed by atoms with Crippen molar-refractivity contribution >= 4 is 34.1 Å². The van der Waals surface area contributed by atoms with Crippen molar-refractivity contribution in [3.05, 3.63) is 38.7 Å². The number of nitrogens with zero attached hydrogens (tertiary/aromatic N) is 2. The average molecular weight is 332 g/mol. The van der Waals surface area contributed by atoms with Crippen LogP contribution in [-0.2, 0) is 6.42 Å². The molecule has 1 aromatic heterocycles. The maximum absolute atomic E-state index is 5.10. The third kappa shape index (κ3) is 2.88. The van der Waals surface area contributed by atoms with Crippen LogP contribution in [0.5, 0.6) is 5.75 Å². The standard InChI is InChI=1S/C10H9IN2OS/c1-14-8-4-2-7(3-5-8)6-9-12-10(11)13-15-9/h2-5H,6H2,1H3. The Hall–Kier alpha value is -0.690. The zero-order valence-corrected chi connectivity index (χ0v) is 11.1. The predicted molar refractivity (Wildman–Crippen MR) is 68.4 cm³/mol. The van der Waals surface area contributed by atoms with Crippen molar-refractivity contribution in [2.24, 2.45) is 0 Å². The molecule has 1 heterocycles. The Morgan fingerprint density at radius 3 is 2.60 bits per heavy atom. The van der Waals surface area contributed by atoms with E-state index in [1.165, 1.54) is 17.1 Å². The van der Waals surface area contributed by atoms with Crippen molar-refractivity contribution < 1.29 is 4.74 Å². The summed E-state index contributed by atoms with van der Waals surface area (Å²) in [5.41, 5.74) is 1.23. The first-order valence-electron chi connectivity index (χ1n) is 4.39. The molecule has 0 aliphatic carbocycles. The van der Waals surface area contributed by atoms with E-state index in [2.05, 4.69) is 31.9 Å². The highest BCUT2D eigenvalue weighted by Gasteiger charge is 2.02. The fraction of sp³-hybridized carbons (Fsp3) is 0.200. The van der Waals surface area contributed by atoms with Crippen molar-refractivity contribution in [1.82, 2.24) is 9.36 Å². The minimum absolute atomic E-state index is 0.820. The summed E-state index contributed by atoms with van der Waals surface area (Å²) in [7, 11) is 1.67. The summed E-state index contributed by atoms with van der Waals surface area (Å²) >= 11 is 3.58. The van der Waals surface area contributed by atoms with E-state index in [0.29, 0.717) is 0 Å². The van der Waals surface area contributed by atoms with Crippen LogP contribution in [-0.4, -0.2) is 16.5 Å². The van der Waals surface area contributed by atoms with Gasteiger partial charge in [0.1, 0.15) is 10.8 Å². The van der Waals surface area contributed by atoms with Crippen LogP contribution in [0.25, 0.3) is 0 Å². The van der Waals surface area contributed by atoms with Gasteiger partial charge < -0.3 is 4.74 Å². The number of ether oxygens (including phenoxy) is 1. The molecule has 0 unspecified atom stereocenters. The molecule has 1 aromatic carbocycles. The Morgan fingerprint density at radius 2 is 2.07 bits per heavy atom. The van der Waals surface area contributed by atoms with Gasteiger partial charge in [-0.1, -0.05) is 12.1 Å². The molecule has 0 fully saturated rings. The van der Waals surface area contributed by atoms with E-state index in [1.807, 2.05) is 24.3 Å². The Morgan fingerprint density at radius 1 is 1.33 bits per heavy atom. The molecule has 0 amide bonds. The molecule has 0 atom stereocenters. The van der Waals surface area contributed by atoms with Crippen LogP contribution in [0.2, 0.25) is 0 Å². The third-order valence-electron chi connectivity index (χ3n) is 1.96. The van der Waals surface area contributed by atoms with Crippen LogP contribution >= 0.6 is 34.1 Å². The summed E-state index contributed by atoms with van der Waals surface area (Å²) in [4.78, 5) is 4.31. The number of hydrogen-bond donors (Lipinski definition) is 0. The van der Waals surface area contributed by atoms with Crippen LogP contribution in [0.1, 0.15) is 10.6 Å². The highest BCUT2D eigenvalue weighted by atomic mass is 127. The van der Waals surface area contributed by atoms with Crippen molar-refractivity contribution in [3.63, 3.8) is 0 Å². The Bertz CT molecular complexity index is 441. The molecule has 5 heteroatoms. The molecule has 2 rings (SSSR count). The molecule has 0 spiro atoms. The van der Waals surface area contributed by atoms with Crippen LogP contribution in [0.4, 0.5) is 0 Å². The van der Waals surface area contributed by atoms with Crippen molar-refractivity contribution in [1.29, 1.82) is 0 Å². The molecule has 3 nitrogen and oxygen atoms in total. The van der Waals surface area contributed by atoms with Crippen LogP contribution < -0.4 is 4.74 Å². The van der Waals surface area contributed by atoms with E-state index in [-0.39, 0.29) is 0 Å². The van der Waals surface area contributed by atoms with Gasteiger partial charge in [-0.2, -0.15) is 4.37 Å². The molecule has 15 heavy (non-hydrogen) atoms. The second-order valence-corrected chi connectivity index (χ2v) is 4.78. The molecule has 78 valence electrons. The molecule has 2 aromatic rings. The summed E-state index contributed by atoms with van der Waals surface area (Å²) < 4.78 is 10.1. The van der Waals surface area contributed by atoms with Gasteiger partial charge in [0, 0.05) is 29.0 Å². The van der Waals surface area contributed by atoms with E-state index in [9.17, 15) is 0 Å². The van der Waals surface area contributed by atoms with Gasteiger partial charge in [-0.3, -0.25) is 0 Å². The summed E-state index contributed by atoms with van der Waals surface area (Å²) in [5.74, 6) is 0.880. The van der Waals surface area contributed by atoms with Crippen LogP contribution in [0, 0.1) is 3.83 Å². The molecule has 0 radical (unpaired) electrons. The largest absolute Gasteiger partial charge is 0.497 e. The molecule has 0 aliphatic rings. The van der Waals surface area contributed by atoms with Crippen LogP contribution in [0.15, 0.2) is 24.3 Å². The molecule has 0 N–H and O–H groups in total. The number of rotatable bonds is 3. The van der Waals surface area contributed by atoms with E-state index in [1.54, 1.807) is 7.11 Å². The second-order valence-electron chi connectivity index (χ2n) is 2.98. The van der Waals surface area contributed by atoms with Gasteiger partial charge in [0.25, 0.3) is 0 Å². The number of halogens is 1. The smallest absolute Gasteiger partial charge is 0.203 e. The van der Waals surface area contributed by atoms with Gasteiger partial charge in [-0.05, 0) is 29.2 Å². The first kappa shape index (κ1) is 10.8. The zero-order valence-electron chi connectivity index (χ0n) is 8.11. The minimum Gasteiger partial charge on any atom is -0.497 e. The lowest BCUT2D eigenvalue weighted by molar-refractivity contribution is 0.414. The molecular weight excluding hydrogens is 323 g/mol. The molecular formula is C10H9IN2OS. The Labute approximate surface area is 106 Å². The molecule has 0 saturated heterocycles. The normalized spacial score (nSPS) is 10.3. The number of methoxy groups -OCH3 is 1. The maximum Gasteiger partial charge on any atom is 0.203 e. The number of aromatic nitrogens is 2. The van der Waals surface area contributed by atoms with E-state index < -0.39 is 0 Å². The summed E-state index contributed by atoms with van der Waals surface area (Å²) in [5, 5.41) is 1.05. The summed E-state index contributed by atoms with van der Waals surface area (Å²) in [6, 6.07) is 8.02. The quantitative estimate of drug-likeness (QED) is 0.811. The summed E-state index contributed by atoms with van der Waals surface area (Å²) in [6.45, 7) is 0. The van der Waals surface area contributed by atoms with Crippen molar-refractivity contribution in [3.8, 4) is 5.75 Å². The fourth-order valence-corrected chi connectivity index (χ4v) is 2.55. The average Bonchev–Trinajstić information content (AvgIpc) is 2.65. The number of hydrogen-bond acceptors (Lipinski definition) is 4. The third-order valence-corrected chi connectivity index (χ3v) is 3.48. The van der Waals surface area contributed by atoms with Gasteiger partial charge in [-0.25, -0.2) is 4.98 Å². The topological polar surface area (TPSA) is 35.0 Å². The van der Waals surface area contributed by atoms with E-state index in [4.69, 9.17) is 4.74 Å². The highest BCUT2D eigenvalue weighted by molar-refractivity contribution is 14.1. The first-order chi connectivity index (χ1) is 7.28. The van der Waals surface area contributed by atoms with Crippen molar-refractivity contribution in [2.45, 2.75) is 6.42 Å². The lowest BCUT2D eigenvalue weighted by Gasteiger charge is -2.00. The first-order valence-corrected chi connectivity index (χ1v) is 6.24. The zero-order chi connectivity index (χ0) is 10.7. The van der Waals surface area contributed by atoms with Gasteiger partial charge >= 0.3 is 0 Å². The van der Waals surface area contributed by atoms with Gasteiger partial charge in [0.05, 0.1) is 7.11 Å². The fourth-order valence-electron chi connectivity index (χ4n) is 1.22. The monoisotopic (exact) mass is 332 g/mol. The van der Waals surface area contributed by atoms with Gasteiger partial charge in [0.2, 0.25) is 3.83 Å². The lowest BCUT2D eigenvalue weighted by atomic mass is 10.1. The van der Waals surface area contributed by atoms with Gasteiger partial charge in [-0.15, -0.1) is 0 Å². The highest BCUT2D eigenvalue weighted by Crippen LogP contribution is 2.16. The van der Waals surface area contributed by atoms with E-state index >= 15 is 0 Å².